The van der Waals surface area contributed by atoms with Gasteiger partial charge in [-0.2, -0.15) is 4.98 Å². The number of hydrogen-bond acceptors (Lipinski definition) is 5. The zero-order valence-corrected chi connectivity index (χ0v) is 11.6. The number of aryl methyl sites for hydroxylation is 2. The minimum Gasteiger partial charge on any atom is -0.339 e. The third-order valence-electron chi connectivity index (χ3n) is 3.73. The zero-order valence-electron chi connectivity index (χ0n) is 11.6. The molecule has 0 radical (unpaired) electrons. The molecule has 1 N–H and O–H groups in total. The van der Waals surface area contributed by atoms with Gasteiger partial charge in [0.1, 0.15) is 0 Å². The third kappa shape index (κ3) is 3.42. The lowest BCUT2D eigenvalue weighted by Gasteiger charge is -2.09. The Kier molecular flexibility index (Phi) is 4.38. The van der Waals surface area contributed by atoms with Crippen LogP contribution in [-0.2, 0) is 12.8 Å². The van der Waals surface area contributed by atoms with Gasteiger partial charge in [0.05, 0.1) is 6.04 Å². The van der Waals surface area contributed by atoms with Crippen molar-refractivity contribution in [2.45, 2.75) is 44.6 Å². The molecule has 0 aromatic carbocycles. The summed E-state index contributed by atoms with van der Waals surface area (Å²) in [5.74, 6) is 1.54. The van der Waals surface area contributed by atoms with Gasteiger partial charge in [-0.25, -0.2) is 0 Å². The largest absolute Gasteiger partial charge is 0.339 e. The average Bonchev–Trinajstić information content (AvgIpc) is 2.80. The monoisotopic (exact) mass is 272 g/mol. The third-order valence-corrected chi connectivity index (χ3v) is 3.73. The molecule has 2 aromatic heterocycles. The molecule has 3 rings (SSSR count). The molecule has 3 heterocycles. The van der Waals surface area contributed by atoms with Crippen LogP contribution in [0.4, 0.5) is 0 Å². The van der Waals surface area contributed by atoms with Gasteiger partial charge in [0, 0.05) is 18.8 Å². The van der Waals surface area contributed by atoms with Crippen molar-refractivity contribution in [3.8, 4) is 0 Å². The van der Waals surface area contributed by atoms with Crippen LogP contribution in [0.5, 0.6) is 0 Å². The van der Waals surface area contributed by atoms with Gasteiger partial charge in [0.15, 0.2) is 5.82 Å². The predicted molar refractivity (Wildman–Crippen MR) is 75.2 cm³/mol. The second-order valence-corrected chi connectivity index (χ2v) is 5.26. The fraction of sp³-hybridized carbons (Fsp3) is 0.533. The molecule has 1 fully saturated rings. The summed E-state index contributed by atoms with van der Waals surface area (Å²) in [7, 11) is 0. The Labute approximate surface area is 118 Å². The van der Waals surface area contributed by atoms with Crippen molar-refractivity contribution in [1.29, 1.82) is 0 Å². The highest BCUT2D eigenvalue weighted by atomic mass is 16.5. The summed E-state index contributed by atoms with van der Waals surface area (Å²) in [6.07, 6.45) is 10.2. The first-order chi connectivity index (χ1) is 9.92. The Hall–Kier alpha value is -1.75. The number of pyridine rings is 1. The Morgan fingerprint density at radius 1 is 1.15 bits per heavy atom. The molecular formula is C15H20N4O. The van der Waals surface area contributed by atoms with Crippen molar-refractivity contribution in [2.75, 3.05) is 6.54 Å². The lowest BCUT2D eigenvalue weighted by molar-refractivity contribution is 0.364. The molecule has 0 bridgehead atoms. The molecule has 1 aliphatic rings. The van der Waals surface area contributed by atoms with Crippen LogP contribution >= 0.6 is 0 Å². The van der Waals surface area contributed by atoms with Crippen LogP contribution in [0.3, 0.4) is 0 Å². The van der Waals surface area contributed by atoms with E-state index in [2.05, 4.69) is 20.4 Å². The van der Waals surface area contributed by atoms with Crippen LogP contribution in [0.2, 0.25) is 0 Å². The first kappa shape index (κ1) is 13.2. The molecule has 0 saturated carbocycles. The van der Waals surface area contributed by atoms with Crippen LogP contribution in [0.15, 0.2) is 29.0 Å². The van der Waals surface area contributed by atoms with Crippen LogP contribution < -0.4 is 5.32 Å². The fourth-order valence-corrected chi connectivity index (χ4v) is 2.56. The lowest BCUT2D eigenvalue weighted by Crippen LogP contribution is -2.21. The maximum absolute atomic E-state index is 5.36. The van der Waals surface area contributed by atoms with Gasteiger partial charge in [-0.3, -0.25) is 4.98 Å². The van der Waals surface area contributed by atoms with E-state index in [0.717, 1.165) is 37.5 Å². The maximum Gasteiger partial charge on any atom is 0.227 e. The normalized spacial score (nSPS) is 19.7. The van der Waals surface area contributed by atoms with Gasteiger partial charge in [0.25, 0.3) is 0 Å². The van der Waals surface area contributed by atoms with E-state index in [1.54, 1.807) is 0 Å². The Morgan fingerprint density at radius 3 is 2.95 bits per heavy atom. The van der Waals surface area contributed by atoms with Gasteiger partial charge < -0.3 is 9.84 Å². The first-order valence-electron chi connectivity index (χ1n) is 7.36. The molecule has 106 valence electrons. The van der Waals surface area contributed by atoms with Crippen molar-refractivity contribution >= 4 is 0 Å². The highest BCUT2D eigenvalue weighted by Crippen LogP contribution is 2.20. The van der Waals surface area contributed by atoms with Crippen LogP contribution in [-0.4, -0.2) is 21.7 Å². The van der Waals surface area contributed by atoms with Gasteiger partial charge in [-0.15, -0.1) is 0 Å². The predicted octanol–water partition coefficient (Wildman–Crippen LogP) is 2.45. The second kappa shape index (κ2) is 6.61. The Bertz CT molecular complexity index is 518. The van der Waals surface area contributed by atoms with Gasteiger partial charge >= 0.3 is 0 Å². The van der Waals surface area contributed by atoms with Crippen molar-refractivity contribution in [3.63, 3.8) is 0 Å². The minimum absolute atomic E-state index is 0.260. The molecule has 1 unspecified atom stereocenters. The van der Waals surface area contributed by atoms with E-state index < -0.39 is 0 Å². The number of nitrogens with zero attached hydrogens (tertiary/aromatic N) is 3. The summed E-state index contributed by atoms with van der Waals surface area (Å²) < 4.78 is 5.36. The number of hydrogen-bond donors (Lipinski definition) is 1. The summed E-state index contributed by atoms with van der Waals surface area (Å²) in [6, 6.07) is 4.30. The zero-order chi connectivity index (χ0) is 13.6. The van der Waals surface area contributed by atoms with Crippen molar-refractivity contribution in [2.24, 2.45) is 0 Å². The molecule has 5 heteroatoms. The summed E-state index contributed by atoms with van der Waals surface area (Å²) in [4.78, 5) is 8.55. The van der Waals surface area contributed by atoms with Crippen molar-refractivity contribution < 1.29 is 4.52 Å². The molecule has 20 heavy (non-hydrogen) atoms. The van der Waals surface area contributed by atoms with E-state index in [-0.39, 0.29) is 6.04 Å². The van der Waals surface area contributed by atoms with Gasteiger partial charge in [-0.1, -0.05) is 18.0 Å². The Balaban J connectivity index is 1.58. The van der Waals surface area contributed by atoms with Crippen LogP contribution in [0.25, 0.3) is 0 Å². The molecule has 1 atom stereocenters. The summed E-state index contributed by atoms with van der Waals surface area (Å²) >= 11 is 0. The molecule has 0 aliphatic carbocycles. The summed E-state index contributed by atoms with van der Waals surface area (Å²) in [5.41, 5.74) is 1.24. The first-order valence-corrected chi connectivity index (χ1v) is 7.36. The maximum atomic E-state index is 5.36. The number of aromatic nitrogens is 3. The highest BCUT2D eigenvalue weighted by Gasteiger charge is 2.19. The summed E-state index contributed by atoms with van der Waals surface area (Å²) in [5, 5.41) is 7.62. The lowest BCUT2D eigenvalue weighted by atomic mass is 10.1. The Morgan fingerprint density at radius 2 is 2.05 bits per heavy atom. The molecule has 0 amide bonds. The van der Waals surface area contributed by atoms with E-state index in [1.807, 2.05) is 24.5 Å². The highest BCUT2D eigenvalue weighted by molar-refractivity contribution is 5.10. The molecule has 1 aliphatic heterocycles. The standard InChI is InChI=1S/C15H20N4O/c1-2-4-13(17-9-3-1)15-18-14(20-19-15)6-5-12-7-10-16-11-8-12/h7-8,10-11,13,17H,1-6,9H2. The molecule has 1 saturated heterocycles. The van der Waals surface area contributed by atoms with Crippen LogP contribution in [0, 0.1) is 0 Å². The number of rotatable bonds is 4. The second-order valence-electron chi connectivity index (χ2n) is 5.26. The molecule has 5 nitrogen and oxygen atoms in total. The van der Waals surface area contributed by atoms with E-state index in [4.69, 9.17) is 4.52 Å². The summed E-state index contributed by atoms with van der Waals surface area (Å²) in [6.45, 7) is 1.05. The topological polar surface area (TPSA) is 63.8 Å². The molecular weight excluding hydrogens is 252 g/mol. The van der Waals surface area contributed by atoms with E-state index in [9.17, 15) is 0 Å². The van der Waals surface area contributed by atoms with Gasteiger partial charge in [0.2, 0.25) is 5.89 Å². The minimum atomic E-state index is 0.260. The van der Waals surface area contributed by atoms with Gasteiger partial charge in [-0.05, 0) is 43.5 Å². The van der Waals surface area contributed by atoms with Crippen molar-refractivity contribution in [3.05, 3.63) is 41.8 Å². The fourth-order valence-electron chi connectivity index (χ4n) is 2.56. The van der Waals surface area contributed by atoms with E-state index in [0.29, 0.717) is 0 Å². The van der Waals surface area contributed by atoms with Crippen LogP contribution in [0.1, 0.15) is 49.0 Å². The average molecular weight is 272 g/mol. The van der Waals surface area contributed by atoms with Crippen molar-refractivity contribution in [1.82, 2.24) is 20.4 Å². The smallest absolute Gasteiger partial charge is 0.227 e. The molecule has 0 spiro atoms. The number of nitrogens with one attached hydrogen (secondary N) is 1. The van der Waals surface area contributed by atoms with E-state index in [1.165, 1.54) is 24.8 Å². The SMILES string of the molecule is c1cc(CCc2nc(C3CCCCCN3)no2)ccn1. The van der Waals surface area contributed by atoms with E-state index >= 15 is 0 Å². The quantitative estimate of drug-likeness (QED) is 0.926. The molecule has 2 aromatic rings.